The van der Waals surface area contributed by atoms with Crippen molar-refractivity contribution in [3.05, 3.63) is 11.3 Å². The van der Waals surface area contributed by atoms with Gasteiger partial charge in [0.15, 0.2) is 0 Å². The first-order valence-corrected chi connectivity index (χ1v) is 5.89. The SMILES string of the molecule is CCC(C)(C)N1OC=C(Cl)C1C(C)(C)C. The number of hydrogen-bond acceptors (Lipinski definition) is 2. The van der Waals surface area contributed by atoms with Crippen LogP contribution in [0.3, 0.4) is 0 Å². The first-order chi connectivity index (χ1) is 6.70. The van der Waals surface area contributed by atoms with Crippen molar-refractivity contribution in [2.24, 2.45) is 5.41 Å². The molecule has 15 heavy (non-hydrogen) atoms. The third-order valence-corrected chi connectivity index (χ3v) is 3.35. The topological polar surface area (TPSA) is 12.5 Å². The Morgan fingerprint density at radius 2 is 1.87 bits per heavy atom. The molecule has 3 heteroatoms. The van der Waals surface area contributed by atoms with Gasteiger partial charge in [0.05, 0.1) is 16.6 Å². The van der Waals surface area contributed by atoms with Crippen LogP contribution in [-0.2, 0) is 4.84 Å². The maximum Gasteiger partial charge on any atom is 0.127 e. The van der Waals surface area contributed by atoms with Crippen LogP contribution < -0.4 is 0 Å². The molecule has 0 fully saturated rings. The van der Waals surface area contributed by atoms with Gasteiger partial charge in [-0.1, -0.05) is 39.3 Å². The van der Waals surface area contributed by atoms with E-state index in [0.29, 0.717) is 0 Å². The van der Waals surface area contributed by atoms with E-state index in [1.54, 1.807) is 6.26 Å². The summed E-state index contributed by atoms with van der Waals surface area (Å²) in [6.45, 7) is 13.1. The van der Waals surface area contributed by atoms with Gasteiger partial charge >= 0.3 is 0 Å². The maximum atomic E-state index is 6.22. The zero-order chi connectivity index (χ0) is 11.9. The van der Waals surface area contributed by atoms with Crippen molar-refractivity contribution in [2.75, 3.05) is 0 Å². The molecular formula is C12H22ClNO. The molecule has 0 aromatic carbocycles. The van der Waals surface area contributed by atoms with E-state index in [1.807, 2.05) is 5.06 Å². The molecule has 0 saturated heterocycles. The molecule has 2 nitrogen and oxygen atoms in total. The predicted octanol–water partition coefficient (Wildman–Crippen LogP) is 3.92. The van der Waals surface area contributed by atoms with E-state index in [-0.39, 0.29) is 17.0 Å². The minimum atomic E-state index is 0.00505. The van der Waals surface area contributed by atoms with E-state index >= 15 is 0 Å². The normalized spacial score (nSPS) is 23.9. The van der Waals surface area contributed by atoms with Gasteiger partial charge in [0.2, 0.25) is 0 Å². The molecule has 0 N–H and O–H groups in total. The second kappa shape index (κ2) is 3.99. The Kier molecular flexibility index (Phi) is 3.42. The molecule has 1 rings (SSSR count). The number of halogens is 1. The summed E-state index contributed by atoms with van der Waals surface area (Å²) in [5.74, 6) is 0. The Morgan fingerprint density at radius 1 is 1.33 bits per heavy atom. The highest BCUT2D eigenvalue weighted by atomic mass is 35.5. The van der Waals surface area contributed by atoms with Crippen molar-refractivity contribution in [3.63, 3.8) is 0 Å². The summed E-state index contributed by atoms with van der Waals surface area (Å²) in [5.41, 5.74) is 0.0849. The molecule has 88 valence electrons. The molecule has 0 aliphatic carbocycles. The van der Waals surface area contributed by atoms with Crippen LogP contribution in [-0.4, -0.2) is 16.6 Å². The molecule has 0 aromatic heterocycles. The Labute approximate surface area is 98.2 Å². The fourth-order valence-corrected chi connectivity index (χ4v) is 2.21. The molecular weight excluding hydrogens is 210 g/mol. The van der Waals surface area contributed by atoms with Crippen molar-refractivity contribution in [1.82, 2.24) is 5.06 Å². The highest BCUT2D eigenvalue weighted by Gasteiger charge is 2.44. The molecule has 0 bridgehead atoms. The lowest BCUT2D eigenvalue weighted by molar-refractivity contribution is -0.190. The standard InChI is InChI=1S/C12H22ClNO/c1-7-12(5,6)14-10(11(2,3)4)9(13)8-15-14/h8,10H,7H2,1-6H3. The van der Waals surface area contributed by atoms with Crippen LogP contribution in [0.25, 0.3) is 0 Å². The molecule has 1 aliphatic heterocycles. The Hall–Kier alpha value is -0.210. The molecule has 0 saturated carbocycles. The number of hydrogen-bond donors (Lipinski definition) is 0. The van der Waals surface area contributed by atoms with Crippen LogP contribution in [0.15, 0.2) is 11.3 Å². The summed E-state index contributed by atoms with van der Waals surface area (Å²) in [5, 5.41) is 2.82. The number of rotatable bonds is 2. The van der Waals surface area contributed by atoms with Gasteiger partial charge in [-0.25, -0.2) is 0 Å². The average Bonchev–Trinajstić information content (AvgIpc) is 2.46. The van der Waals surface area contributed by atoms with Gasteiger partial charge in [-0.15, -0.1) is 5.06 Å². The minimum Gasteiger partial charge on any atom is -0.411 e. The van der Waals surface area contributed by atoms with Crippen LogP contribution in [0.4, 0.5) is 0 Å². The summed E-state index contributed by atoms with van der Waals surface area (Å²) in [6.07, 6.45) is 2.69. The quantitative estimate of drug-likeness (QED) is 0.715. The third-order valence-electron chi connectivity index (χ3n) is 3.06. The number of hydroxylamine groups is 2. The summed E-state index contributed by atoms with van der Waals surface area (Å²) in [7, 11) is 0. The van der Waals surface area contributed by atoms with E-state index in [9.17, 15) is 0 Å². The molecule has 0 amide bonds. The van der Waals surface area contributed by atoms with Crippen molar-refractivity contribution >= 4 is 11.6 Å². The van der Waals surface area contributed by atoms with Crippen molar-refractivity contribution < 1.29 is 4.84 Å². The largest absolute Gasteiger partial charge is 0.411 e. The van der Waals surface area contributed by atoms with Crippen molar-refractivity contribution in [3.8, 4) is 0 Å². The molecule has 0 radical (unpaired) electrons. The lowest BCUT2D eigenvalue weighted by atomic mass is 9.84. The van der Waals surface area contributed by atoms with E-state index in [2.05, 4.69) is 41.5 Å². The zero-order valence-electron chi connectivity index (χ0n) is 10.6. The van der Waals surface area contributed by atoms with Gasteiger partial charge in [0, 0.05) is 0 Å². The minimum absolute atomic E-state index is 0.00505. The first kappa shape index (κ1) is 12.9. The predicted molar refractivity (Wildman–Crippen MR) is 64.5 cm³/mol. The Morgan fingerprint density at radius 3 is 2.27 bits per heavy atom. The van der Waals surface area contributed by atoms with Gasteiger partial charge in [0.25, 0.3) is 0 Å². The number of nitrogens with zero attached hydrogens (tertiary/aromatic N) is 1. The molecule has 0 aromatic rings. The summed E-state index contributed by atoms with van der Waals surface area (Å²) in [6, 6.07) is 0.147. The first-order valence-electron chi connectivity index (χ1n) is 5.52. The van der Waals surface area contributed by atoms with Gasteiger partial charge < -0.3 is 4.84 Å². The third kappa shape index (κ3) is 2.48. The highest BCUT2D eigenvalue weighted by Crippen LogP contribution is 2.40. The van der Waals surface area contributed by atoms with Gasteiger partial charge in [0.1, 0.15) is 6.26 Å². The fourth-order valence-electron chi connectivity index (χ4n) is 1.76. The molecule has 1 atom stereocenters. The van der Waals surface area contributed by atoms with Crippen LogP contribution in [0.2, 0.25) is 0 Å². The van der Waals surface area contributed by atoms with E-state index in [1.165, 1.54) is 0 Å². The zero-order valence-corrected chi connectivity index (χ0v) is 11.4. The Balaban J connectivity index is 2.95. The lowest BCUT2D eigenvalue weighted by Crippen LogP contribution is -2.51. The van der Waals surface area contributed by atoms with Gasteiger partial charge in [-0.05, 0) is 25.7 Å². The van der Waals surface area contributed by atoms with Crippen LogP contribution in [0, 0.1) is 5.41 Å². The smallest absolute Gasteiger partial charge is 0.127 e. The summed E-state index contributed by atoms with van der Waals surface area (Å²) in [4.78, 5) is 5.60. The summed E-state index contributed by atoms with van der Waals surface area (Å²) < 4.78 is 0. The monoisotopic (exact) mass is 231 g/mol. The van der Waals surface area contributed by atoms with E-state index in [0.717, 1.165) is 11.5 Å². The second-order valence-electron chi connectivity index (χ2n) is 5.87. The molecule has 1 aliphatic rings. The summed E-state index contributed by atoms with van der Waals surface area (Å²) >= 11 is 6.22. The van der Waals surface area contributed by atoms with Gasteiger partial charge in [-0.2, -0.15) is 0 Å². The van der Waals surface area contributed by atoms with Crippen LogP contribution in [0.1, 0.15) is 48.0 Å². The highest BCUT2D eigenvalue weighted by molar-refractivity contribution is 6.30. The van der Waals surface area contributed by atoms with Crippen molar-refractivity contribution in [1.29, 1.82) is 0 Å². The fraction of sp³-hybridized carbons (Fsp3) is 0.833. The maximum absolute atomic E-state index is 6.22. The average molecular weight is 232 g/mol. The lowest BCUT2D eigenvalue weighted by Gasteiger charge is -2.42. The van der Waals surface area contributed by atoms with Crippen LogP contribution >= 0.6 is 11.6 Å². The molecule has 1 unspecified atom stereocenters. The van der Waals surface area contributed by atoms with Crippen molar-refractivity contribution in [2.45, 2.75) is 59.5 Å². The molecule has 1 heterocycles. The second-order valence-corrected chi connectivity index (χ2v) is 6.30. The molecule has 0 spiro atoms. The van der Waals surface area contributed by atoms with Crippen LogP contribution in [0.5, 0.6) is 0 Å². The Bertz CT molecular complexity index is 265. The van der Waals surface area contributed by atoms with E-state index < -0.39 is 0 Å². The van der Waals surface area contributed by atoms with E-state index in [4.69, 9.17) is 16.4 Å². The van der Waals surface area contributed by atoms with Gasteiger partial charge in [-0.3, -0.25) is 0 Å².